The molecule has 0 aliphatic carbocycles. The Balaban J connectivity index is 1.58. The number of esters is 1. The molecule has 11 heteroatoms. The fraction of sp³-hybridized carbons (Fsp3) is 0.389. The molecule has 1 fully saturated rings. The van der Waals surface area contributed by atoms with Gasteiger partial charge < -0.3 is 10.1 Å². The number of halogens is 3. The molecule has 1 aromatic rings. The molecule has 0 bridgehead atoms. The second-order valence-corrected chi connectivity index (χ2v) is 11.4. The maximum atomic E-state index is 12.6. The van der Waals surface area contributed by atoms with Crippen LogP contribution in [0, 0.1) is 0 Å². The number of carbonyl (C=O) groups excluding carboxylic acids is 3. The Bertz CT molecular complexity index is 832. The molecule has 6 nitrogen and oxygen atoms in total. The molecule has 29 heavy (non-hydrogen) atoms. The number of hydrogen-bond donors (Lipinski definition) is 1. The third-order valence-corrected chi connectivity index (χ3v) is 6.72. The van der Waals surface area contributed by atoms with Gasteiger partial charge in [-0.25, -0.2) is 4.79 Å². The maximum absolute atomic E-state index is 12.6. The summed E-state index contributed by atoms with van der Waals surface area (Å²) < 4.78 is 3.26. The van der Waals surface area contributed by atoms with Gasteiger partial charge >= 0.3 is 5.97 Å². The van der Waals surface area contributed by atoms with Crippen molar-refractivity contribution in [3.63, 3.8) is 0 Å². The zero-order valence-electron chi connectivity index (χ0n) is 15.1. The lowest BCUT2D eigenvalue weighted by molar-refractivity contribution is -0.152. The Morgan fingerprint density at radius 2 is 1.97 bits per heavy atom. The molecule has 0 aromatic heterocycles. The Hall–Kier alpha value is -1.06. The van der Waals surface area contributed by atoms with E-state index in [0.29, 0.717) is 0 Å². The molecule has 2 aliphatic heterocycles. The number of hydrogen-bond acceptors (Lipinski definition) is 6. The van der Waals surface area contributed by atoms with Crippen LogP contribution in [0.4, 0.5) is 0 Å². The summed E-state index contributed by atoms with van der Waals surface area (Å²) in [5.41, 5.74) is 0.102. The Morgan fingerprint density at radius 3 is 2.62 bits per heavy atom. The van der Waals surface area contributed by atoms with E-state index >= 15 is 0 Å². The quantitative estimate of drug-likeness (QED) is 0.282. The van der Waals surface area contributed by atoms with Crippen molar-refractivity contribution in [1.82, 2.24) is 10.2 Å². The van der Waals surface area contributed by atoms with Crippen LogP contribution in [0.5, 0.6) is 0 Å². The molecule has 3 atom stereocenters. The summed E-state index contributed by atoms with van der Waals surface area (Å²) in [5, 5.41) is 2.31. The van der Waals surface area contributed by atoms with Crippen LogP contribution in [-0.2, 0) is 19.1 Å². The monoisotopic (exact) mass is 494 g/mol. The number of β-lactam (4-membered cyclic amide) rings is 1. The number of amides is 2. The van der Waals surface area contributed by atoms with Crippen molar-refractivity contribution in [2.24, 2.45) is 0 Å². The third kappa shape index (κ3) is 5.76. The fourth-order valence-electron chi connectivity index (χ4n) is 2.82. The first-order valence-electron chi connectivity index (χ1n) is 8.57. The largest absolute Gasteiger partial charge is 0.456 e. The lowest BCUT2D eigenvalue weighted by atomic mass is 10.0. The highest BCUT2D eigenvalue weighted by molar-refractivity contribution is 8.00. The number of nitrogens with zero attached hydrogens (tertiary/aromatic N) is 1. The maximum Gasteiger partial charge on any atom is 0.354 e. The van der Waals surface area contributed by atoms with Gasteiger partial charge in [0.05, 0.1) is 5.75 Å². The van der Waals surface area contributed by atoms with Gasteiger partial charge in [-0.15, -0.1) is 23.5 Å². The minimum Gasteiger partial charge on any atom is -0.456 e. The molecule has 2 amide bonds. The lowest BCUT2D eigenvalue weighted by Crippen LogP contribution is -2.70. The van der Waals surface area contributed by atoms with Gasteiger partial charge in [-0.05, 0) is 25.1 Å². The van der Waals surface area contributed by atoms with Gasteiger partial charge in [-0.1, -0.05) is 53.0 Å². The average Bonchev–Trinajstić information content (AvgIpc) is 2.68. The second-order valence-electron chi connectivity index (χ2n) is 6.33. The molecule has 3 rings (SSSR count). The van der Waals surface area contributed by atoms with Crippen molar-refractivity contribution in [3.05, 3.63) is 42.1 Å². The van der Waals surface area contributed by atoms with Gasteiger partial charge in [0, 0.05) is 10.1 Å². The Labute approximate surface area is 191 Å². The highest BCUT2D eigenvalue weighted by atomic mass is 35.6. The zero-order valence-corrected chi connectivity index (χ0v) is 19.0. The van der Waals surface area contributed by atoms with Crippen LogP contribution < -0.4 is 5.32 Å². The van der Waals surface area contributed by atoms with Gasteiger partial charge in [-0.3, -0.25) is 14.5 Å². The SMILES string of the molecule is CC1C=C(C(=O)OCC(Cl)(Cl)Cl)N2C(=O)C(NC(=O)CSc3ccccc3)[C@H]2S1. The zero-order chi connectivity index (χ0) is 21.2. The average molecular weight is 496 g/mol. The van der Waals surface area contributed by atoms with Gasteiger partial charge in [0.2, 0.25) is 9.70 Å². The normalized spacial score (nSPS) is 23.6. The molecule has 2 aliphatic rings. The highest BCUT2D eigenvalue weighted by Gasteiger charge is 2.54. The topological polar surface area (TPSA) is 75.7 Å². The first-order chi connectivity index (χ1) is 13.7. The number of benzene rings is 1. The fourth-order valence-corrected chi connectivity index (χ4v) is 5.05. The Morgan fingerprint density at radius 1 is 1.28 bits per heavy atom. The van der Waals surface area contributed by atoms with Gasteiger partial charge in [0.1, 0.15) is 23.7 Å². The summed E-state index contributed by atoms with van der Waals surface area (Å²) in [6.45, 7) is 1.45. The predicted molar refractivity (Wildman–Crippen MR) is 116 cm³/mol. The molecular weight excluding hydrogens is 479 g/mol. The van der Waals surface area contributed by atoms with Crippen LogP contribution in [-0.4, -0.2) is 55.5 Å². The van der Waals surface area contributed by atoms with Gasteiger partial charge in [-0.2, -0.15) is 0 Å². The van der Waals surface area contributed by atoms with Crippen LogP contribution in [0.15, 0.2) is 47.0 Å². The molecule has 1 saturated heterocycles. The number of alkyl halides is 3. The van der Waals surface area contributed by atoms with E-state index in [1.54, 1.807) is 6.08 Å². The summed E-state index contributed by atoms with van der Waals surface area (Å²) in [5.74, 6) is -1.18. The van der Waals surface area contributed by atoms with Crippen LogP contribution in [0.25, 0.3) is 0 Å². The van der Waals surface area contributed by atoms with Crippen molar-refractivity contribution in [1.29, 1.82) is 0 Å². The Kier molecular flexibility index (Phi) is 7.32. The van der Waals surface area contributed by atoms with E-state index in [1.165, 1.54) is 28.4 Å². The van der Waals surface area contributed by atoms with Crippen molar-refractivity contribution >= 4 is 76.1 Å². The van der Waals surface area contributed by atoms with E-state index in [-0.39, 0.29) is 33.9 Å². The number of rotatable bonds is 6. The molecule has 2 heterocycles. The van der Waals surface area contributed by atoms with Crippen molar-refractivity contribution < 1.29 is 19.1 Å². The smallest absolute Gasteiger partial charge is 0.354 e. The molecule has 0 spiro atoms. The molecule has 0 saturated carbocycles. The van der Waals surface area contributed by atoms with E-state index in [0.717, 1.165) is 4.90 Å². The third-order valence-electron chi connectivity index (χ3n) is 4.05. The highest BCUT2D eigenvalue weighted by Crippen LogP contribution is 2.41. The number of carbonyl (C=O) groups is 3. The molecule has 1 aromatic carbocycles. The molecular formula is C18H17Cl3N2O4S2. The lowest BCUT2D eigenvalue weighted by Gasteiger charge is -2.49. The summed E-state index contributed by atoms with van der Waals surface area (Å²) in [4.78, 5) is 39.5. The first kappa shape index (κ1) is 22.6. The minimum atomic E-state index is -1.74. The summed E-state index contributed by atoms with van der Waals surface area (Å²) >= 11 is 19.7. The van der Waals surface area contributed by atoms with E-state index in [1.807, 2.05) is 37.3 Å². The number of thioether (sulfide) groups is 2. The van der Waals surface area contributed by atoms with Crippen molar-refractivity contribution in [3.8, 4) is 0 Å². The number of ether oxygens (including phenoxy) is 1. The number of fused-ring (bicyclic) bond motifs is 1. The van der Waals surface area contributed by atoms with E-state index < -0.39 is 22.4 Å². The van der Waals surface area contributed by atoms with E-state index in [9.17, 15) is 14.4 Å². The van der Waals surface area contributed by atoms with E-state index in [4.69, 9.17) is 39.5 Å². The number of nitrogens with one attached hydrogen (secondary N) is 1. The predicted octanol–water partition coefficient (Wildman–Crippen LogP) is 3.36. The second kappa shape index (κ2) is 9.39. The summed E-state index contributed by atoms with van der Waals surface area (Å²) in [6.07, 6.45) is 1.63. The van der Waals surface area contributed by atoms with Crippen molar-refractivity contribution in [2.45, 2.75) is 32.3 Å². The van der Waals surface area contributed by atoms with Crippen LogP contribution in [0.1, 0.15) is 6.92 Å². The van der Waals surface area contributed by atoms with Crippen LogP contribution >= 0.6 is 58.3 Å². The first-order valence-corrected chi connectivity index (χ1v) is 11.6. The molecule has 2 unspecified atom stereocenters. The standard InChI is InChI=1S/C18H17Cl3N2O4S2/c1-10-7-12(17(26)27-9-18(19,20)21)23-15(25)14(16(23)29-10)22-13(24)8-28-11-5-3-2-4-6-11/h2-7,10,14,16H,8-9H2,1H3,(H,22,24)/t10?,14?,16-/m1/s1. The summed E-state index contributed by atoms with van der Waals surface area (Å²) in [6, 6.07) is 8.80. The molecule has 1 N–H and O–H groups in total. The van der Waals surface area contributed by atoms with Gasteiger partial charge in [0.15, 0.2) is 0 Å². The van der Waals surface area contributed by atoms with Gasteiger partial charge in [0.25, 0.3) is 5.91 Å². The van der Waals surface area contributed by atoms with Crippen LogP contribution in [0.2, 0.25) is 0 Å². The molecule has 156 valence electrons. The summed E-state index contributed by atoms with van der Waals surface area (Å²) in [7, 11) is 0. The minimum absolute atomic E-state index is 0.0576. The van der Waals surface area contributed by atoms with Crippen molar-refractivity contribution in [2.75, 3.05) is 12.4 Å². The van der Waals surface area contributed by atoms with E-state index in [2.05, 4.69) is 5.32 Å². The van der Waals surface area contributed by atoms with Crippen LogP contribution in [0.3, 0.4) is 0 Å². The molecule has 0 radical (unpaired) electrons.